The Bertz CT molecular complexity index is 735. The second-order valence-electron chi connectivity index (χ2n) is 5.68. The second-order valence-corrected chi connectivity index (χ2v) is 8.07. The summed E-state index contributed by atoms with van der Waals surface area (Å²) in [6, 6.07) is 5.81. The van der Waals surface area contributed by atoms with Crippen molar-refractivity contribution in [3.05, 3.63) is 29.8 Å². The molecule has 12 heteroatoms. The molecule has 1 aromatic rings. The van der Waals surface area contributed by atoms with Gasteiger partial charge in [0.1, 0.15) is 11.9 Å². The van der Waals surface area contributed by atoms with Gasteiger partial charge in [0.05, 0.1) is 35.0 Å². The fourth-order valence-corrected chi connectivity index (χ4v) is 4.06. The molecule has 0 bridgehead atoms. The highest BCUT2D eigenvalue weighted by Gasteiger charge is 2.45. The quantitative estimate of drug-likeness (QED) is 0.187. The van der Waals surface area contributed by atoms with Gasteiger partial charge in [-0.2, -0.15) is 8.42 Å². The van der Waals surface area contributed by atoms with E-state index in [0.29, 0.717) is 5.56 Å². The van der Waals surface area contributed by atoms with Gasteiger partial charge in [-0.3, -0.25) is 4.55 Å². The first-order valence-electron chi connectivity index (χ1n) is 7.43. The van der Waals surface area contributed by atoms with Crippen molar-refractivity contribution >= 4 is 27.9 Å². The van der Waals surface area contributed by atoms with Crippen LogP contribution < -0.4 is 0 Å². The monoisotopic (exact) mass is 409 g/mol. The van der Waals surface area contributed by atoms with Gasteiger partial charge in [-0.25, -0.2) is 4.28 Å². The van der Waals surface area contributed by atoms with Crippen LogP contribution in [-0.2, 0) is 21.1 Å². The van der Waals surface area contributed by atoms with Crippen molar-refractivity contribution in [2.45, 2.75) is 35.2 Å². The molecule has 1 aliphatic rings. The summed E-state index contributed by atoms with van der Waals surface area (Å²) in [5, 5.41) is 50.2. The number of phenols is 1. The Labute approximate surface area is 153 Å². The predicted octanol–water partition coefficient (Wildman–Crippen LogP) is -1.33. The largest absolute Gasteiger partial charge is 0.508 e. The lowest BCUT2D eigenvalue weighted by molar-refractivity contribution is -0.0644. The van der Waals surface area contributed by atoms with Gasteiger partial charge >= 0.3 is 10.4 Å². The molecule has 1 saturated heterocycles. The van der Waals surface area contributed by atoms with Crippen molar-refractivity contribution in [3.8, 4) is 5.75 Å². The van der Waals surface area contributed by atoms with Gasteiger partial charge in [-0.1, -0.05) is 17.3 Å². The Morgan fingerprint density at radius 3 is 2.27 bits per heavy atom. The Morgan fingerprint density at radius 1 is 1.12 bits per heavy atom. The molecule has 1 aromatic carbocycles. The Hall–Kier alpha value is -1.41. The number of phenolic OH excluding ortho intramolecular Hbond substituents is 1. The molecule has 6 N–H and O–H groups in total. The average Bonchev–Trinajstić information content (AvgIpc) is 2.58. The number of thioether (sulfide) groups is 1. The minimum absolute atomic E-state index is 0.00684. The highest BCUT2D eigenvalue weighted by Crippen LogP contribution is 2.34. The Balaban J connectivity index is 2.33. The van der Waals surface area contributed by atoms with Crippen LogP contribution in [0.1, 0.15) is 5.56 Å². The zero-order chi connectivity index (χ0) is 19.5. The first kappa shape index (κ1) is 20.9. The molecule has 10 nitrogen and oxygen atoms in total. The molecule has 0 saturated carbocycles. The van der Waals surface area contributed by atoms with Gasteiger partial charge in [0.25, 0.3) is 0 Å². The van der Waals surface area contributed by atoms with Crippen molar-refractivity contribution < 1.29 is 42.8 Å². The molecule has 2 rings (SSSR count). The van der Waals surface area contributed by atoms with Gasteiger partial charge < -0.3 is 25.5 Å². The van der Waals surface area contributed by atoms with Crippen molar-refractivity contribution in [2.75, 3.05) is 6.61 Å². The lowest BCUT2D eigenvalue weighted by Crippen LogP contribution is -2.56. The fraction of sp³-hybridized carbons (Fsp3) is 0.500. The second kappa shape index (κ2) is 8.52. The molecule has 0 spiro atoms. The van der Waals surface area contributed by atoms with E-state index in [1.54, 1.807) is 0 Å². The zero-order valence-corrected chi connectivity index (χ0v) is 14.9. The first-order chi connectivity index (χ1) is 12.1. The number of nitrogens with zero attached hydrogens (tertiary/aromatic N) is 1. The van der Waals surface area contributed by atoms with E-state index in [4.69, 9.17) is 4.55 Å². The Morgan fingerprint density at radius 2 is 1.73 bits per heavy atom. The van der Waals surface area contributed by atoms with Crippen LogP contribution in [-0.4, -0.2) is 79.6 Å². The van der Waals surface area contributed by atoms with E-state index in [1.165, 1.54) is 24.3 Å². The summed E-state index contributed by atoms with van der Waals surface area (Å²) in [6.45, 7) is -0.502. The van der Waals surface area contributed by atoms with E-state index in [-0.39, 0.29) is 17.9 Å². The summed E-state index contributed by atoms with van der Waals surface area (Å²) in [5.74, 6) is 0.00684. The lowest BCUT2D eigenvalue weighted by Gasteiger charge is -2.39. The fourth-order valence-electron chi connectivity index (χ4n) is 2.48. The number of rotatable bonds is 6. The number of oxime groups is 1. The van der Waals surface area contributed by atoms with Crippen LogP contribution in [0.3, 0.4) is 0 Å². The van der Waals surface area contributed by atoms with Crippen molar-refractivity contribution in [2.24, 2.45) is 5.16 Å². The standard InChI is InChI=1S/C14H19NO9S2/c16-6-10-11(18)12(19)13(20)14(25-10)9(15-24-26(21,22)23)5-7-1-3-8(17)4-2-7/h1-4,10-14,16-20H,5-6H2,(H,21,22,23)/b15-9-/t10-,11-,12+,13-,14+/m1/s1. The maximum atomic E-state index is 10.8. The van der Waals surface area contributed by atoms with E-state index in [1.807, 2.05) is 0 Å². The first-order valence-corrected chi connectivity index (χ1v) is 9.74. The summed E-state index contributed by atoms with van der Waals surface area (Å²) < 4.78 is 34.4. The molecule has 146 valence electrons. The summed E-state index contributed by atoms with van der Waals surface area (Å²) in [5.41, 5.74) is 0.504. The van der Waals surface area contributed by atoms with Crippen LogP contribution in [0.4, 0.5) is 0 Å². The van der Waals surface area contributed by atoms with Crippen LogP contribution in [0.15, 0.2) is 29.4 Å². The maximum Gasteiger partial charge on any atom is 0.466 e. The number of aromatic hydroxyl groups is 1. The minimum atomic E-state index is -4.90. The zero-order valence-electron chi connectivity index (χ0n) is 13.3. The average molecular weight is 409 g/mol. The topological polar surface area (TPSA) is 177 Å². The molecule has 0 aromatic heterocycles. The molecule has 1 aliphatic heterocycles. The molecule has 5 atom stereocenters. The predicted molar refractivity (Wildman–Crippen MR) is 92.2 cm³/mol. The third kappa shape index (κ3) is 5.30. The van der Waals surface area contributed by atoms with Gasteiger partial charge in [-0.05, 0) is 17.7 Å². The molecule has 26 heavy (non-hydrogen) atoms. The maximum absolute atomic E-state index is 10.8. The number of aliphatic hydroxyl groups excluding tert-OH is 4. The highest BCUT2D eigenvalue weighted by atomic mass is 32.3. The number of hydrogen-bond acceptors (Lipinski definition) is 10. The summed E-state index contributed by atoms with van der Waals surface area (Å²) in [4.78, 5) is 0. The summed E-state index contributed by atoms with van der Waals surface area (Å²) in [7, 11) is -4.90. The summed E-state index contributed by atoms with van der Waals surface area (Å²) in [6.07, 6.45) is -4.58. The lowest BCUT2D eigenvalue weighted by atomic mass is 9.96. The third-order valence-electron chi connectivity index (χ3n) is 3.79. The van der Waals surface area contributed by atoms with Gasteiger partial charge in [0.2, 0.25) is 0 Å². The van der Waals surface area contributed by atoms with Gasteiger partial charge in [0, 0.05) is 6.42 Å². The number of hydrogen-bond donors (Lipinski definition) is 6. The van der Waals surface area contributed by atoms with Crippen molar-refractivity contribution in [1.82, 2.24) is 0 Å². The van der Waals surface area contributed by atoms with E-state index < -0.39 is 45.8 Å². The smallest absolute Gasteiger partial charge is 0.466 e. The highest BCUT2D eigenvalue weighted by molar-refractivity contribution is 8.01. The van der Waals surface area contributed by atoms with E-state index in [0.717, 1.165) is 11.8 Å². The number of aliphatic hydroxyl groups is 4. The van der Waals surface area contributed by atoms with Crippen LogP contribution in [0, 0.1) is 0 Å². The molecule has 0 aliphatic carbocycles. The number of benzene rings is 1. The molecular formula is C14H19NO9S2. The molecule has 0 unspecified atom stereocenters. The van der Waals surface area contributed by atoms with E-state index >= 15 is 0 Å². The van der Waals surface area contributed by atoms with E-state index in [9.17, 15) is 34.0 Å². The van der Waals surface area contributed by atoms with Crippen LogP contribution in [0.25, 0.3) is 0 Å². The normalized spacial score (nSPS) is 30.2. The molecule has 0 radical (unpaired) electrons. The minimum Gasteiger partial charge on any atom is -0.508 e. The van der Waals surface area contributed by atoms with Crippen molar-refractivity contribution in [3.63, 3.8) is 0 Å². The summed E-state index contributed by atoms with van der Waals surface area (Å²) >= 11 is 0.886. The SMILES string of the molecule is O=S(=O)(O)O/N=C(/Cc1ccc(O)cc1)[C@@H]1S[C@H](CO)[C@@H](O)[C@H](O)[C@H]1O. The van der Waals surface area contributed by atoms with Crippen LogP contribution in [0.2, 0.25) is 0 Å². The molecular weight excluding hydrogens is 390 g/mol. The Kier molecular flexibility index (Phi) is 6.85. The van der Waals surface area contributed by atoms with E-state index in [2.05, 4.69) is 9.44 Å². The van der Waals surface area contributed by atoms with Crippen LogP contribution >= 0.6 is 11.8 Å². The van der Waals surface area contributed by atoms with Crippen LogP contribution in [0.5, 0.6) is 5.75 Å². The molecule has 1 fully saturated rings. The molecule has 1 heterocycles. The molecule has 0 amide bonds. The van der Waals surface area contributed by atoms with Gasteiger partial charge in [0.15, 0.2) is 0 Å². The van der Waals surface area contributed by atoms with Crippen molar-refractivity contribution in [1.29, 1.82) is 0 Å². The third-order valence-corrected chi connectivity index (χ3v) is 5.68. The van der Waals surface area contributed by atoms with Gasteiger partial charge in [-0.15, -0.1) is 11.8 Å².